The van der Waals surface area contributed by atoms with Gasteiger partial charge in [0.15, 0.2) is 0 Å². The second-order valence-corrected chi connectivity index (χ2v) is 8.32. The highest BCUT2D eigenvalue weighted by Crippen LogP contribution is 2.39. The minimum atomic E-state index is -0.884. The molecule has 0 spiro atoms. The van der Waals surface area contributed by atoms with Crippen LogP contribution < -0.4 is 14.7 Å². The number of likely N-dealkylation sites (tertiary alicyclic amines) is 1. The van der Waals surface area contributed by atoms with E-state index >= 15 is 0 Å². The molecule has 0 aromatic heterocycles. The zero-order chi connectivity index (χ0) is 23.4. The summed E-state index contributed by atoms with van der Waals surface area (Å²) in [5, 5.41) is 13.6. The van der Waals surface area contributed by atoms with Crippen LogP contribution in [0.5, 0.6) is 5.75 Å². The summed E-state index contributed by atoms with van der Waals surface area (Å²) in [6.07, 6.45) is 0.648. The number of carbonyl (C=O) groups is 2. The number of halogens is 2. The van der Waals surface area contributed by atoms with Gasteiger partial charge in [-0.2, -0.15) is 0 Å². The van der Waals surface area contributed by atoms with Crippen molar-refractivity contribution in [3.05, 3.63) is 70.0 Å². The first-order chi connectivity index (χ1) is 15.2. The predicted octanol–water partition coefficient (Wildman–Crippen LogP) is 1.64. The molecule has 1 atom stereocenters. The van der Waals surface area contributed by atoms with Gasteiger partial charge in [0, 0.05) is 18.5 Å². The number of amides is 1. The lowest BCUT2D eigenvalue weighted by Gasteiger charge is -2.27. The zero-order valence-corrected chi connectivity index (χ0v) is 19.0. The highest BCUT2D eigenvalue weighted by atomic mass is 35.5. The maximum Gasteiger partial charge on any atom is 0.295 e. The van der Waals surface area contributed by atoms with Crippen molar-refractivity contribution < 1.29 is 28.7 Å². The van der Waals surface area contributed by atoms with Crippen molar-refractivity contribution >= 4 is 29.1 Å². The summed E-state index contributed by atoms with van der Waals surface area (Å²) in [6, 6.07) is 9.12. The fourth-order valence-electron chi connectivity index (χ4n) is 3.77. The number of quaternary nitrogens is 1. The van der Waals surface area contributed by atoms with E-state index in [1.54, 1.807) is 6.07 Å². The lowest BCUT2D eigenvalue weighted by atomic mass is 9.95. The number of Topliss-reactive ketones (excluding diaryl/α,β-unsaturated/α-hetero) is 1. The molecule has 2 aromatic rings. The van der Waals surface area contributed by atoms with Crippen LogP contribution in [0, 0.1) is 5.82 Å². The van der Waals surface area contributed by atoms with Gasteiger partial charge in [-0.25, -0.2) is 4.39 Å². The molecule has 1 N–H and O–H groups in total. The van der Waals surface area contributed by atoms with Gasteiger partial charge in [0.25, 0.3) is 5.91 Å². The van der Waals surface area contributed by atoms with Crippen molar-refractivity contribution in [2.24, 2.45) is 0 Å². The van der Waals surface area contributed by atoms with Crippen LogP contribution in [-0.4, -0.2) is 50.4 Å². The molecule has 0 saturated carbocycles. The largest absolute Gasteiger partial charge is 0.872 e. The fourth-order valence-corrected chi connectivity index (χ4v) is 4.00. The summed E-state index contributed by atoms with van der Waals surface area (Å²) in [6.45, 7) is 3.31. The van der Waals surface area contributed by atoms with Gasteiger partial charge in [-0.3, -0.25) is 9.59 Å². The Balaban J connectivity index is 2.08. The Hall–Kier alpha value is -2.90. The second kappa shape index (κ2) is 10.1. The van der Waals surface area contributed by atoms with Gasteiger partial charge in [-0.15, -0.1) is 0 Å². The molecule has 2 aromatic carbocycles. The van der Waals surface area contributed by atoms with Crippen molar-refractivity contribution in [2.45, 2.75) is 19.4 Å². The summed E-state index contributed by atoms with van der Waals surface area (Å²) in [5.74, 6) is -2.17. The molecule has 1 amide bonds. The van der Waals surface area contributed by atoms with Gasteiger partial charge in [-0.05, 0) is 42.3 Å². The molecule has 0 radical (unpaired) electrons. The third-order valence-corrected chi connectivity index (χ3v) is 5.58. The quantitative estimate of drug-likeness (QED) is 0.369. The highest BCUT2D eigenvalue weighted by molar-refractivity contribution is 6.46. The van der Waals surface area contributed by atoms with Crippen LogP contribution in [0.2, 0.25) is 5.02 Å². The van der Waals surface area contributed by atoms with Crippen molar-refractivity contribution in [2.75, 3.05) is 33.8 Å². The molecule has 1 saturated heterocycles. The average molecular weight is 461 g/mol. The molecule has 0 aliphatic carbocycles. The van der Waals surface area contributed by atoms with Crippen LogP contribution in [0.3, 0.4) is 0 Å². The normalized spacial score (nSPS) is 17.9. The van der Waals surface area contributed by atoms with Crippen molar-refractivity contribution in [3.63, 3.8) is 0 Å². The van der Waals surface area contributed by atoms with Gasteiger partial charge >= 0.3 is 0 Å². The van der Waals surface area contributed by atoms with E-state index in [1.165, 1.54) is 46.2 Å². The Bertz CT molecular complexity index is 1040. The second-order valence-electron chi connectivity index (χ2n) is 7.91. The van der Waals surface area contributed by atoms with Crippen molar-refractivity contribution in [3.8, 4) is 5.75 Å². The number of rotatable bonds is 8. The maximum absolute atomic E-state index is 13.5. The standard InChI is InChI=1S/C24H26ClFN2O4/c1-4-32-19-11-8-16(14-18(19)25)22(29)20-21(15-6-9-17(26)10-7-15)28(24(31)23(20)30)13-5-12-27(2)3/h6-11,14,21,29H,4-5,12-13H2,1-3H3/b22-20+. The van der Waals surface area contributed by atoms with Crippen LogP contribution in [0.1, 0.15) is 30.5 Å². The Morgan fingerprint density at radius 2 is 1.88 bits per heavy atom. The number of ether oxygens (including phenoxy) is 1. The minimum absolute atomic E-state index is 0.154. The molecular weight excluding hydrogens is 435 g/mol. The Morgan fingerprint density at radius 3 is 2.47 bits per heavy atom. The summed E-state index contributed by atoms with van der Waals surface area (Å²) >= 11 is 6.23. The zero-order valence-electron chi connectivity index (χ0n) is 18.3. The number of hydrogen-bond acceptors (Lipinski definition) is 4. The van der Waals surface area contributed by atoms with Gasteiger partial charge in [0.2, 0.25) is 5.78 Å². The Morgan fingerprint density at radius 1 is 1.19 bits per heavy atom. The molecule has 170 valence electrons. The van der Waals surface area contributed by atoms with E-state index in [9.17, 15) is 19.1 Å². The molecule has 0 bridgehead atoms. The number of benzene rings is 2. The Kier molecular flexibility index (Phi) is 7.53. The predicted molar refractivity (Wildman–Crippen MR) is 118 cm³/mol. The average Bonchev–Trinajstić information content (AvgIpc) is 3.00. The summed E-state index contributed by atoms with van der Waals surface area (Å²) in [5.41, 5.74) is 0.531. The van der Waals surface area contributed by atoms with E-state index in [1.807, 2.05) is 21.0 Å². The molecule has 1 unspecified atom stereocenters. The van der Waals surface area contributed by atoms with E-state index in [0.29, 0.717) is 30.9 Å². The molecule has 1 aliphatic rings. The van der Waals surface area contributed by atoms with E-state index < -0.39 is 29.3 Å². The van der Waals surface area contributed by atoms with Crippen molar-refractivity contribution in [1.29, 1.82) is 0 Å². The summed E-state index contributed by atoms with van der Waals surface area (Å²) < 4.78 is 18.9. The Labute approximate surface area is 191 Å². The van der Waals surface area contributed by atoms with Gasteiger partial charge in [0.1, 0.15) is 11.6 Å². The number of ketones is 1. The maximum atomic E-state index is 13.5. The number of carbonyl (C=O) groups excluding carboxylic acids is 2. The van der Waals surface area contributed by atoms with Crippen LogP contribution >= 0.6 is 11.6 Å². The molecule has 1 heterocycles. The molecule has 1 aliphatic heterocycles. The first-order valence-electron chi connectivity index (χ1n) is 10.5. The van der Waals surface area contributed by atoms with Gasteiger partial charge in [0.05, 0.1) is 38.3 Å². The van der Waals surface area contributed by atoms with Crippen molar-refractivity contribution in [1.82, 2.24) is 4.90 Å². The van der Waals surface area contributed by atoms with Gasteiger partial charge in [-0.1, -0.05) is 35.6 Å². The molecule has 6 nitrogen and oxygen atoms in total. The number of nitrogens with one attached hydrogen (secondary N) is 1. The molecule has 8 heteroatoms. The summed E-state index contributed by atoms with van der Waals surface area (Å²) in [4.78, 5) is 28.4. The smallest absolute Gasteiger partial charge is 0.295 e. The SMILES string of the molecule is CCOc1ccc(/C([O-])=C2\C(=O)C(=O)N(CCC[NH+](C)C)C2c2ccc(F)cc2)cc1Cl. The first kappa shape index (κ1) is 23.8. The fraction of sp³-hybridized carbons (Fsp3) is 0.333. The topological polar surface area (TPSA) is 74.1 Å². The van der Waals surface area contributed by atoms with E-state index in [0.717, 1.165) is 6.54 Å². The third-order valence-electron chi connectivity index (χ3n) is 5.28. The molecular formula is C24H26ClFN2O4. The van der Waals surface area contributed by atoms with Gasteiger partial charge < -0.3 is 19.6 Å². The number of hydrogen-bond donors (Lipinski definition) is 1. The van der Waals surface area contributed by atoms with Crippen LogP contribution in [0.15, 0.2) is 48.0 Å². The molecule has 1 fully saturated rings. The lowest BCUT2D eigenvalue weighted by molar-refractivity contribution is -0.858. The minimum Gasteiger partial charge on any atom is -0.872 e. The third kappa shape index (κ3) is 4.95. The van der Waals surface area contributed by atoms with Crippen LogP contribution in [0.25, 0.3) is 5.76 Å². The van der Waals surface area contributed by atoms with E-state index in [4.69, 9.17) is 16.3 Å². The molecule has 32 heavy (non-hydrogen) atoms. The monoisotopic (exact) mass is 460 g/mol. The van der Waals surface area contributed by atoms with E-state index in [2.05, 4.69) is 0 Å². The lowest BCUT2D eigenvalue weighted by Crippen LogP contribution is -3.05. The molecule has 3 rings (SSSR count). The highest BCUT2D eigenvalue weighted by Gasteiger charge is 2.43. The van der Waals surface area contributed by atoms with Crippen LogP contribution in [-0.2, 0) is 9.59 Å². The van der Waals surface area contributed by atoms with E-state index in [-0.39, 0.29) is 16.2 Å². The first-order valence-corrected chi connectivity index (χ1v) is 10.9. The number of nitrogens with zero attached hydrogens (tertiary/aromatic N) is 1. The van der Waals surface area contributed by atoms with Crippen LogP contribution in [0.4, 0.5) is 4.39 Å². The summed E-state index contributed by atoms with van der Waals surface area (Å²) in [7, 11) is 3.98.